The van der Waals surface area contributed by atoms with Crippen LogP contribution in [0.1, 0.15) is 33.8 Å². The fraction of sp³-hybridized carbons (Fsp3) is 0.240. The van der Waals surface area contributed by atoms with Crippen molar-refractivity contribution >= 4 is 11.9 Å². The first-order valence-corrected chi connectivity index (χ1v) is 10.6. The summed E-state index contributed by atoms with van der Waals surface area (Å²) < 4.78 is 45.0. The molecule has 0 saturated heterocycles. The lowest BCUT2D eigenvalue weighted by molar-refractivity contribution is -0.137. The average Bonchev–Trinajstić information content (AvgIpc) is 2.81. The second-order valence-corrected chi connectivity index (χ2v) is 7.93. The summed E-state index contributed by atoms with van der Waals surface area (Å²) in [6, 6.07) is 10.6. The maximum Gasteiger partial charge on any atom is 0.416 e. The van der Waals surface area contributed by atoms with Crippen LogP contribution in [0.5, 0.6) is 11.5 Å². The lowest BCUT2D eigenvalue weighted by atomic mass is 9.99. The van der Waals surface area contributed by atoms with Gasteiger partial charge in [-0.1, -0.05) is 42.1 Å². The largest absolute Gasteiger partial charge is 0.453 e. The van der Waals surface area contributed by atoms with E-state index in [1.807, 2.05) is 13.0 Å². The quantitative estimate of drug-likeness (QED) is 0.522. The molecular weight excluding hydrogens is 445 g/mol. The fourth-order valence-corrected chi connectivity index (χ4v) is 3.58. The third kappa shape index (κ3) is 5.36. The van der Waals surface area contributed by atoms with Gasteiger partial charge in [0.05, 0.1) is 17.8 Å². The van der Waals surface area contributed by atoms with E-state index in [4.69, 9.17) is 9.57 Å². The van der Waals surface area contributed by atoms with Crippen LogP contribution in [0.15, 0.2) is 60.4 Å². The highest BCUT2D eigenvalue weighted by Gasteiger charge is 2.31. The van der Waals surface area contributed by atoms with Crippen molar-refractivity contribution in [2.45, 2.75) is 32.5 Å². The van der Waals surface area contributed by atoms with Gasteiger partial charge in [0.15, 0.2) is 17.3 Å². The second kappa shape index (κ2) is 9.54. The summed E-state index contributed by atoms with van der Waals surface area (Å²) in [7, 11) is 0. The molecule has 0 unspecified atom stereocenters. The fourth-order valence-electron chi connectivity index (χ4n) is 3.58. The van der Waals surface area contributed by atoms with Crippen molar-refractivity contribution in [3.8, 4) is 11.5 Å². The molecule has 1 atom stereocenters. The summed E-state index contributed by atoms with van der Waals surface area (Å²) in [5, 5.41) is 7.40. The minimum atomic E-state index is -4.48. The Morgan fingerprint density at radius 1 is 1.21 bits per heavy atom. The molecule has 0 amide bonds. The number of benzene rings is 2. The first kappa shape index (κ1) is 23.3. The van der Waals surface area contributed by atoms with E-state index in [0.717, 1.165) is 28.8 Å². The molecule has 4 rings (SSSR count). The number of hydrogen-bond donors (Lipinski definition) is 1. The van der Waals surface area contributed by atoms with Crippen LogP contribution in [0.4, 0.5) is 13.2 Å². The molecule has 2 heterocycles. The molecule has 1 aromatic heterocycles. The van der Waals surface area contributed by atoms with Crippen molar-refractivity contribution in [2.75, 3.05) is 6.61 Å². The minimum Gasteiger partial charge on any atom is -0.453 e. The molecular formula is C25H23F3N4O2. The van der Waals surface area contributed by atoms with E-state index in [0.29, 0.717) is 30.4 Å². The summed E-state index contributed by atoms with van der Waals surface area (Å²) in [6.45, 7) is 7.88. The van der Waals surface area contributed by atoms with Crippen LogP contribution in [0.3, 0.4) is 0 Å². The second-order valence-electron chi connectivity index (χ2n) is 7.93. The molecule has 1 aliphatic heterocycles. The van der Waals surface area contributed by atoms with E-state index < -0.39 is 11.7 Å². The molecule has 6 nitrogen and oxygen atoms in total. The number of halogens is 3. The Balaban J connectivity index is 1.57. The lowest BCUT2D eigenvalue weighted by Crippen LogP contribution is -2.44. The monoisotopic (exact) mass is 468 g/mol. The molecule has 34 heavy (non-hydrogen) atoms. The number of aryl methyl sites for hydroxylation is 2. The molecule has 0 spiro atoms. The van der Waals surface area contributed by atoms with Crippen molar-refractivity contribution in [3.63, 3.8) is 0 Å². The van der Waals surface area contributed by atoms with E-state index in [9.17, 15) is 13.2 Å². The van der Waals surface area contributed by atoms with Crippen LogP contribution >= 0.6 is 0 Å². The number of alkyl halides is 3. The van der Waals surface area contributed by atoms with Crippen molar-refractivity contribution in [1.29, 1.82) is 0 Å². The molecule has 0 bridgehead atoms. The zero-order chi connectivity index (χ0) is 24.3. The number of nitrogens with zero attached hydrogens (tertiary/aromatic N) is 3. The van der Waals surface area contributed by atoms with E-state index in [1.54, 1.807) is 13.0 Å². The Morgan fingerprint density at radius 2 is 2.03 bits per heavy atom. The highest BCUT2D eigenvalue weighted by atomic mass is 19.4. The SMILES string of the molecule is C=Cc1ccc(C[C@@H]2CON=C(c3nc(C)ncc3Oc3cccc(C(F)(F)F)c3)N2)c(C)c1. The van der Waals surface area contributed by atoms with Gasteiger partial charge in [0.25, 0.3) is 0 Å². The summed E-state index contributed by atoms with van der Waals surface area (Å²) in [5.41, 5.74) is 2.81. The predicted octanol–water partition coefficient (Wildman–Crippen LogP) is 5.44. The van der Waals surface area contributed by atoms with Crippen LogP contribution in [0, 0.1) is 13.8 Å². The Kier molecular flexibility index (Phi) is 6.54. The molecule has 3 aromatic rings. The first-order valence-electron chi connectivity index (χ1n) is 10.6. The summed E-state index contributed by atoms with van der Waals surface area (Å²) in [4.78, 5) is 14.0. The topological polar surface area (TPSA) is 68.6 Å². The van der Waals surface area contributed by atoms with Crippen LogP contribution in [0.25, 0.3) is 6.08 Å². The minimum absolute atomic E-state index is 0.00957. The van der Waals surface area contributed by atoms with E-state index in [1.165, 1.54) is 18.3 Å². The zero-order valence-electron chi connectivity index (χ0n) is 18.7. The molecule has 0 radical (unpaired) electrons. The van der Waals surface area contributed by atoms with E-state index in [-0.39, 0.29) is 17.5 Å². The van der Waals surface area contributed by atoms with Gasteiger partial charge in [-0.2, -0.15) is 13.2 Å². The van der Waals surface area contributed by atoms with Gasteiger partial charge in [0.2, 0.25) is 0 Å². The normalized spacial score (nSPS) is 15.7. The zero-order valence-corrected chi connectivity index (χ0v) is 18.7. The predicted molar refractivity (Wildman–Crippen MR) is 123 cm³/mol. The van der Waals surface area contributed by atoms with Crippen molar-refractivity contribution in [3.05, 3.63) is 89.0 Å². The summed E-state index contributed by atoms with van der Waals surface area (Å²) >= 11 is 0. The third-order valence-corrected chi connectivity index (χ3v) is 5.33. The van der Waals surface area contributed by atoms with Crippen molar-refractivity contribution in [2.24, 2.45) is 5.16 Å². The molecule has 176 valence electrons. The van der Waals surface area contributed by atoms with Crippen LogP contribution < -0.4 is 10.1 Å². The van der Waals surface area contributed by atoms with E-state index >= 15 is 0 Å². The molecule has 1 aliphatic rings. The van der Waals surface area contributed by atoms with Gasteiger partial charge in [-0.25, -0.2) is 9.97 Å². The Labute approximate surface area is 195 Å². The Morgan fingerprint density at radius 3 is 2.76 bits per heavy atom. The van der Waals surface area contributed by atoms with Gasteiger partial charge in [-0.15, -0.1) is 0 Å². The molecule has 1 N–H and O–H groups in total. The highest BCUT2D eigenvalue weighted by Crippen LogP contribution is 2.33. The van der Waals surface area contributed by atoms with E-state index in [2.05, 4.69) is 39.2 Å². The van der Waals surface area contributed by atoms with Gasteiger partial charge < -0.3 is 14.9 Å². The summed E-state index contributed by atoms with van der Waals surface area (Å²) in [5.74, 6) is 0.945. The molecule has 0 aliphatic carbocycles. The number of nitrogens with one attached hydrogen (secondary N) is 1. The van der Waals surface area contributed by atoms with Gasteiger partial charge in [-0.3, -0.25) is 0 Å². The number of hydrogen-bond acceptors (Lipinski definition) is 6. The van der Waals surface area contributed by atoms with Gasteiger partial charge in [-0.05, 0) is 55.2 Å². The van der Waals surface area contributed by atoms with Gasteiger partial charge >= 0.3 is 6.18 Å². The van der Waals surface area contributed by atoms with Crippen LogP contribution in [-0.2, 0) is 17.4 Å². The number of amidine groups is 1. The number of aromatic nitrogens is 2. The number of rotatable bonds is 6. The molecule has 0 fully saturated rings. The standard InChI is InChI=1S/C25H23F3N4O2/c1-4-17-8-9-18(15(2)10-17)11-20-14-33-32-24(31-20)23-22(13-29-16(3)30-23)34-21-7-5-6-19(12-21)25(26,27)28/h4-10,12-13,20H,1,11,14H2,2-3H3,(H,31,32)/t20-/m1/s1. The Hall–Kier alpha value is -3.88. The molecule has 2 aromatic carbocycles. The summed E-state index contributed by atoms with van der Waals surface area (Å²) in [6.07, 6.45) is -0.600. The smallest absolute Gasteiger partial charge is 0.416 e. The molecule has 9 heteroatoms. The number of ether oxygens (including phenoxy) is 1. The first-order chi connectivity index (χ1) is 16.2. The van der Waals surface area contributed by atoms with Crippen molar-refractivity contribution < 1.29 is 22.7 Å². The average molecular weight is 468 g/mol. The highest BCUT2D eigenvalue weighted by molar-refractivity contribution is 5.99. The third-order valence-electron chi connectivity index (χ3n) is 5.33. The van der Waals surface area contributed by atoms with Crippen molar-refractivity contribution in [1.82, 2.24) is 15.3 Å². The number of oxime groups is 1. The maximum atomic E-state index is 13.1. The molecule has 0 saturated carbocycles. The Bertz CT molecular complexity index is 1240. The van der Waals surface area contributed by atoms with Crippen LogP contribution in [-0.4, -0.2) is 28.5 Å². The van der Waals surface area contributed by atoms with Gasteiger partial charge in [0.1, 0.15) is 18.2 Å². The van der Waals surface area contributed by atoms with Crippen LogP contribution in [0.2, 0.25) is 0 Å². The van der Waals surface area contributed by atoms with Gasteiger partial charge in [0, 0.05) is 0 Å². The lowest BCUT2D eigenvalue weighted by Gasteiger charge is -2.25. The maximum absolute atomic E-state index is 13.1.